The van der Waals surface area contributed by atoms with Crippen LogP contribution in [0, 0.1) is 0 Å². The number of hydrogen-bond acceptors (Lipinski definition) is 3. The molecule has 1 aromatic carbocycles. The number of aliphatic hydroxyl groups excluding tert-OH is 1. The van der Waals surface area contributed by atoms with Crippen molar-refractivity contribution in [1.82, 2.24) is 0 Å². The molecule has 0 aliphatic carbocycles. The molecule has 0 bridgehead atoms. The Morgan fingerprint density at radius 2 is 2.12 bits per heavy atom. The van der Waals surface area contributed by atoms with E-state index in [2.05, 4.69) is 17.0 Å². The number of rotatable bonds is 5. The molecule has 1 atom stereocenters. The van der Waals surface area contributed by atoms with Gasteiger partial charge in [0, 0.05) is 0 Å². The van der Waals surface area contributed by atoms with Gasteiger partial charge in [-0.3, -0.25) is 0 Å². The van der Waals surface area contributed by atoms with E-state index in [4.69, 9.17) is 0 Å². The molecule has 0 heterocycles. The van der Waals surface area contributed by atoms with Crippen molar-refractivity contribution in [3.8, 4) is 0 Å². The number of benzene rings is 1. The highest BCUT2D eigenvalue weighted by atomic mass is 16.5. The number of hydrogen-bond donors (Lipinski definition) is 1. The standard InChI is InChI=1S/C14H16O3/c1-3-12(14(16)17-2)13(15)10-9-11-7-5-4-6-8-11/h4-8,13,15H,1,9-10H2,2H3. The molecule has 17 heavy (non-hydrogen) atoms. The maximum absolute atomic E-state index is 11.3. The van der Waals surface area contributed by atoms with E-state index in [1.807, 2.05) is 30.3 Å². The molecular weight excluding hydrogens is 216 g/mol. The fraction of sp³-hybridized carbons (Fsp3) is 0.286. The average molecular weight is 232 g/mol. The molecule has 0 aliphatic heterocycles. The fourth-order valence-corrected chi connectivity index (χ4v) is 1.53. The van der Waals surface area contributed by atoms with Crippen LogP contribution in [-0.2, 0) is 16.0 Å². The Morgan fingerprint density at radius 3 is 2.65 bits per heavy atom. The van der Waals surface area contributed by atoms with Crippen LogP contribution < -0.4 is 0 Å². The Bertz CT molecular complexity index is 416. The third-order valence-electron chi connectivity index (χ3n) is 2.48. The minimum Gasteiger partial charge on any atom is -0.465 e. The highest BCUT2D eigenvalue weighted by Gasteiger charge is 2.18. The smallest absolute Gasteiger partial charge is 0.344 e. The van der Waals surface area contributed by atoms with E-state index in [1.54, 1.807) is 0 Å². The number of carbonyl (C=O) groups excluding carboxylic acids is 1. The van der Waals surface area contributed by atoms with Crippen LogP contribution in [0.15, 0.2) is 48.2 Å². The molecular formula is C14H16O3. The number of carbonyl (C=O) groups is 1. The topological polar surface area (TPSA) is 46.5 Å². The summed E-state index contributed by atoms with van der Waals surface area (Å²) in [4.78, 5) is 11.3. The number of methoxy groups -OCH3 is 1. The molecule has 1 rings (SSSR count). The van der Waals surface area contributed by atoms with Gasteiger partial charge >= 0.3 is 5.97 Å². The lowest BCUT2D eigenvalue weighted by molar-refractivity contribution is -0.137. The van der Waals surface area contributed by atoms with Crippen LogP contribution in [0.25, 0.3) is 0 Å². The van der Waals surface area contributed by atoms with Gasteiger partial charge in [0.2, 0.25) is 0 Å². The maximum atomic E-state index is 11.3. The van der Waals surface area contributed by atoms with Crippen molar-refractivity contribution < 1.29 is 14.6 Å². The molecule has 0 aromatic heterocycles. The van der Waals surface area contributed by atoms with Crippen molar-refractivity contribution in [3.05, 3.63) is 53.8 Å². The lowest BCUT2D eigenvalue weighted by atomic mass is 10.0. The summed E-state index contributed by atoms with van der Waals surface area (Å²) in [5.74, 6) is -0.583. The third-order valence-corrected chi connectivity index (χ3v) is 2.48. The second-order valence-corrected chi connectivity index (χ2v) is 3.62. The summed E-state index contributed by atoms with van der Waals surface area (Å²) < 4.78 is 4.54. The van der Waals surface area contributed by atoms with Crippen molar-refractivity contribution in [2.75, 3.05) is 7.11 Å². The monoisotopic (exact) mass is 232 g/mol. The lowest BCUT2D eigenvalue weighted by Gasteiger charge is -2.11. The van der Waals surface area contributed by atoms with Crippen molar-refractivity contribution in [2.45, 2.75) is 18.9 Å². The van der Waals surface area contributed by atoms with Crippen LogP contribution in [0.4, 0.5) is 0 Å². The van der Waals surface area contributed by atoms with Gasteiger partial charge in [-0.15, -0.1) is 5.73 Å². The first-order valence-electron chi connectivity index (χ1n) is 5.39. The molecule has 90 valence electrons. The molecule has 1 N–H and O–H groups in total. The first-order chi connectivity index (χ1) is 8.19. The molecule has 0 spiro atoms. The van der Waals surface area contributed by atoms with Gasteiger partial charge in [-0.05, 0) is 18.4 Å². The maximum Gasteiger partial charge on any atom is 0.344 e. The normalized spacial score (nSPS) is 11.4. The summed E-state index contributed by atoms with van der Waals surface area (Å²) in [6.07, 6.45) is 0.237. The van der Waals surface area contributed by atoms with Crippen LogP contribution in [0.5, 0.6) is 0 Å². The van der Waals surface area contributed by atoms with Crippen LogP contribution in [-0.4, -0.2) is 24.3 Å². The number of aryl methyl sites for hydroxylation is 1. The Balaban J connectivity index is 2.58. The van der Waals surface area contributed by atoms with Gasteiger partial charge in [-0.1, -0.05) is 36.9 Å². The summed E-state index contributed by atoms with van der Waals surface area (Å²) in [5, 5.41) is 9.83. The minimum absolute atomic E-state index is 0.0865. The highest BCUT2D eigenvalue weighted by Crippen LogP contribution is 2.11. The molecule has 0 saturated carbocycles. The Morgan fingerprint density at radius 1 is 1.47 bits per heavy atom. The molecule has 3 nitrogen and oxygen atoms in total. The first kappa shape index (κ1) is 13.2. The SMILES string of the molecule is C=C=C(C(=O)OC)C(O)CCc1ccccc1. The van der Waals surface area contributed by atoms with Crippen molar-refractivity contribution >= 4 is 5.97 Å². The minimum atomic E-state index is -0.889. The molecule has 0 saturated heterocycles. The molecule has 0 radical (unpaired) electrons. The van der Waals surface area contributed by atoms with E-state index in [0.29, 0.717) is 12.8 Å². The summed E-state index contributed by atoms with van der Waals surface area (Å²) in [5.41, 5.74) is 3.63. The molecule has 1 unspecified atom stereocenters. The Kier molecular flexibility index (Phi) is 5.21. The van der Waals surface area contributed by atoms with E-state index in [0.717, 1.165) is 5.56 Å². The fourth-order valence-electron chi connectivity index (χ4n) is 1.53. The predicted octanol–water partition coefficient (Wildman–Crippen LogP) is 1.86. The molecule has 0 aliphatic rings. The van der Waals surface area contributed by atoms with Gasteiger partial charge < -0.3 is 9.84 Å². The highest BCUT2D eigenvalue weighted by molar-refractivity contribution is 5.89. The van der Waals surface area contributed by atoms with Crippen LogP contribution >= 0.6 is 0 Å². The first-order valence-corrected chi connectivity index (χ1v) is 5.39. The van der Waals surface area contributed by atoms with E-state index in [9.17, 15) is 9.90 Å². The second-order valence-electron chi connectivity index (χ2n) is 3.62. The molecule has 0 amide bonds. The molecule has 1 aromatic rings. The third kappa shape index (κ3) is 3.91. The van der Waals surface area contributed by atoms with Gasteiger partial charge in [0.05, 0.1) is 13.2 Å². The van der Waals surface area contributed by atoms with E-state index in [1.165, 1.54) is 7.11 Å². The summed E-state index contributed by atoms with van der Waals surface area (Å²) >= 11 is 0. The van der Waals surface area contributed by atoms with E-state index >= 15 is 0 Å². The Labute approximate surface area is 101 Å². The van der Waals surface area contributed by atoms with Gasteiger partial charge in [-0.2, -0.15) is 0 Å². The average Bonchev–Trinajstić information content (AvgIpc) is 2.38. The van der Waals surface area contributed by atoms with Crippen LogP contribution in [0.3, 0.4) is 0 Å². The van der Waals surface area contributed by atoms with E-state index < -0.39 is 12.1 Å². The lowest BCUT2D eigenvalue weighted by Crippen LogP contribution is -2.19. The Hall–Kier alpha value is -1.83. The summed E-state index contributed by atoms with van der Waals surface area (Å²) in [6.45, 7) is 3.38. The zero-order chi connectivity index (χ0) is 12.7. The predicted molar refractivity (Wildman–Crippen MR) is 65.4 cm³/mol. The second kappa shape index (κ2) is 6.69. The van der Waals surface area contributed by atoms with Gasteiger partial charge in [-0.25, -0.2) is 4.79 Å². The zero-order valence-corrected chi connectivity index (χ0v) is 9.85. The largest absolute Gasteiger partial charge is 0.465 e. The number of ether oxygens (including phenoxy) is 1. The number of aliphatic hydroxyl groups is 1. The molecule has 0 fully saturated rings. The van der Waals surface area contributed by atoms with Crippen molar-refractivity contribution in [1.29, 1.82) is 0 Å². The van der Waals surface area contributed by atoms with Gasteiger partial charge in [0.15, 0.2) is 0 Å². The van der Waals surface area contributed by atoms with E-state index in [-0.39, 0.29) is 5.57 Å². The quantitative estimate of drug-likeness (QED) is 0.479. The summed E-state index contributed by atoms with van der Waals surface area (Å²) in [6, 6.07) is 9.76. The van der Waals surface area contributed by atoms with Gasteiger partial charge in [0.25, 0.3) is 0 Å². The number of esters is 1. The van der Waals surface area contributed by atoms with Crippen LogP contribution in [0.2, 0.25) is 0 Å². The van der Waals surface area contributed by atoms with Crippen molar-refractivity contribution in [3.63, 3.8) is 0 Å². The zero-order valence-electron chi connectivity index (χ0n) is 9.85. The summed E-state index contributed by atoms with van der Waals surface area (Å²) in [7, 11) is 1.27. The van der Waals surface area contributed by atoms with Crippen LogP contribution in [0.1, 0.15) is 12.0 Å². The van der Waals surface area contributed by atoms with Gasteiger partial charge in [0.1, 0.15) is 5.57 Å². The van der Waals surface area contributed by atoms with Crippen molar-refractivity contribution in [2.24, 2.45) is 0 Å². The molecule has 3 heteroatoms.